The Labute approximate surface area is 28.5 Å². The molecular formula is H5N3O2. The number of hydrazine groups is 1. The molecule has 0 aromatic heterocycles. The first-order chi connectivity index (χ1) is 2.41. The number of hydrogen-bond acceptors (Lipinski definition) is 4. The van der Waals surface area contributed by atoms with Gasteiger partial charge < -0.3 is 0 Å². The van der Waals surface area contributed by atoms with Gasteiger partial charge >= 0.3 is 0 Å². The fourth-order valence-corrected chi connectivity index (χ4v) is 0. The van der Waals surface area contributed by atoms with E-state index < -0.39 is 0 Å². The summed E-state index contributed by atoms with van der Waals surface area (Å²) in [6.07, 6.45) is 0. The van der Waals surface area contributed by atoms with E-state index in [1.807, 2.05) is 0 Å². The molecular weight excluding hydrogens is 74.0 g/mol. The number of rotatable bonds is 0. The van der Waals surface area contributed by atoms with Crippen molar-refractivity contribution >= 4 is 0 Å². The predicted molar refractivity (Wildman–Crippen MR) is 16.1 cm³/mol. The first-order valence-corrected chi connectivity index (χ1v) is 0.742. The minimum atomic E-state index is 0.250. The van der Waals surface area contributed by atoms with E-state index in [4.69, 9.17) is 10.1 Å². The molecule has 0 aliphatic carbocycles. The summed E-state index contributed by atoms with van der Waals surface area (Å²) in [5, 5.41) is 8.38. The highest BCUT2D eigenvalue weighted by Crippen LogP contribution is 0.618. The molecule has 5 nitrogen and oxygen atoms in total. The van der Waals surface area contributed by atoms with Crippen molar-refractivity contribution in [3.63, 3.8) is 0 Å². The molecule has 0 aliphatic rings. The molecule has 0 rings (SSSR count). The molecule has 0 atom stereocenters. The molecule has 0 amide bonds. The van der Waals surface area contributed by atoms with Gasteiger partial charge in [0.1, 0.15) is 0 Å². The number of nitrogens with one attached hydrogen (secondary N) is 1. The van der Waals surface area contributed by atoms with E-state index in [-0.39, 0.29) is 5.34 Å². The number of nitrogens with two attached hydrogens (primary N) is 2. The molecule has 0 heterocycles. The molecule has 0 saturated heterocycles. The standard InChI is InChI=1S/H4N2.HNO2/c1-2;2-1-3/h1-2H2;1H. The Morgan fingerprint density at radius 1 is 1.60 bits per heavy atom. The molecule has 5 heavy (non-hydrogen) atoms. The van der Waals surface area contributed by atoms with E-state index in [9.17, 15) is 0 Å². The lowest BCUT2D eigenvalue weighted by atomic mass is 13.0. The molecule has 0 aromatic rings. The second kappa shape index (κ2) is 175. The smallest absolute Gasteiger partial charge is 0.00366 e. The van der Waals surface area contributed by atoms with Crippen molar-refractivity contribution in [2.24, 2.45) is 11.7 Å². The van der Waals surface area contributed by atoms with Crippen LogP contribution in [0.2, 0.25) is 0 Å². The highest BCUT2D eigenvalue weighted by Gasteiger charge is 1.10. The maximum atomic E-state index is 8.12. The van der Waals surface area contributed by atoms with Crippen LogP contribution in [0, 0.1) is 10.1 Å². The second-order valence-electron chi connectivity index (χ2n) is 0.0833. The molecule has 0 spiro atoms. The summed E-state index contributed by atoms with van der Waals surface area (Å²) in [6.45, 7) is 0. The molecule has 0 aromatic carbocycles. The molecule has 0 aliphatic heterocycles. The molecule has 0 unspecified atom stereocenters. The molecule has 0 fully saturated rings. The minimum Gasteiger partial charge on any atom is -0.274 e. The SMILES string of the molecule is NN.O=[NH+][O-]. The first-order valence-electron chi connectivity index (χ1n) is 0.742. The van der Waals surface area contributed by atoms with E-state index in [0.29, 0.717) is 0 Å². The van der Waals surface area contributed by atoms with E-state index in [1.54, 1.807) is 0 Å². The summed E-state index contributed by atoms with van der Waals surface area (Å²) in [6, 6.07) is 0. The normalized spacial score (nSPS) is 3.60. The van der Waals surface area contributed by atoms with Crippen LogP contribution in [-0.2, 0) is 0 Å². The van der Waals surface area contributed by atoms with Crippen molar-refractivity contribution in [3.8, 4) is 0 Å². The maximum absolute atomic E-state index is 8.12. The van der Waals surface area contributed by atoms with Gasteiger partial charge in [0, 0.05) is 5.34 Å². The maximum Gasteiger partial charge on any atom is 0.00366 e. The molecule has 0 bridgehead atoms. The van der Waals surface area contributed by atoms with Crippen LogP contribution in [0.5, 0.6) is 0 Å². The van der Waals surface area contributed by atoms with Crippen LogP contribution in [-0.4, -0.2) is 0 Å². The van der Waals surface area contributed by atoms with Crippen molar-refractivity contribution < 1.29 is 5.34 Å². The summed E-state index contributed by atoms with van der Waals surface area (Å²) >= 11 is 0. The molecule has 0 radical (unpaired) electrons. The van der Waals surface area contributed by atoms with Gasteiger partial charge in [-0.15, -0.1) is 0 Å². The monoisotopic (exact) mass is 79.0 g/mol. The highest BCUT2D eigenvalue weighted by atomic mass is 16.6. The Hall–Kier alpha value is -0.680. The van der Waals surface area contributed by atoms with Crippen LogP contribution >= 0.6 is 0 Å². The zero-order valence-electron chi connectivity index (χ0n) is 2.47. The third-order valence-corrected chi connectivity index (χ3v) is 0. The van der Waals surface area contributed by atoms with E-state index in [2.05, 4.69) is 11.7 Å². The summed E-state index contributed by atoms with van der Waals surface area (Å²) in [5.74, 6) is 8.00. The predicted octanol–water partition coefficient (Wildman–Crippen LogP) is -2.85. The van der Waals surface area contributed by atoms with Gasteiger partial charge in [0.25, 0.3) is 0 Å². The molecule has 5 heteroatoms. The Balaban J connectivity index is 0. The van der Waals surface area contributed by atoms with Crippen LogP contribution in [0.4, 0.5) is 0 Å². The third kappa shape index (κ3) is 12.5. The van der Waals surface area contributed by atoms with Crippen LogP contribution in [0.15, 0.2) is 0 Å². The average molecular weight is 79.1 g/mol. The lowest BCUT2D eigenvalue weighted by Crippen LogP contribution is -2.53. The minimum absolute atomic E-state index is 0.250. The van der Waals surface area contributed by atoms with Gasteiger partial charge in [0.15, 0.2) is 0 Å². The van der Waals surface area contributed by atoms with Crippen molar-refractivity contribution in [1.29, 1.82) is 0 Å². The summed E-state index contributed by atoms with van der Waals surface area (Å²) in [5.41, 5.74) is 0. The van der Waals surface area contributed by atoms with E-state index in [0.717, 1.165) is 0 Å². The fourth-order valence-electron chi connectivity index (χ4n) is 0. The van der Waals surface area contributed by atoms with Crippen molar-refractivity contribution in [2.75, 3.05) is 0 Å². The third-order valence-electron chi connectivity index (χ3n) is 0. The van der Waals surface area contributed by atoms with Gasteiger partial charge in [-0.1, -0.05) is 0 Å². The quantitative estimate of drug-likeness (QED) is 0.165. The Kier molecular flexibility index (Phi) is 309. The summed E-state index contributed by atoms with van der Waals surface area (Å²) in [4.78, 5) is 8.12. The topological polar surface area (TPSA) is 106 Å². The Morgan fingerprint density at radius 2 is 1.60 bits per heavy atom. The van der Waals surface area contributed by atoms with Crippen molar-refractivity contribution in [1.82, 2.24) is 0 Å². The van der Waals surface area contributed by atoms with Gasteiger partial charge in [-0.3, -0.25) is 21.8 Å². The van der Waals surface area contributed by atoms with Gasteiger partial charge in [-0.2, -0.15) is 0 Å². The fraction of sp³-hybridized carbons (Fsp3) is 0. The summed E-state index contributed by atoms with van der Waals surface area (Å²) < 4.78 is 0. The van der Waals surface area contributed by atoms with Crippen LogP contribution < -0.4 is 17.0 Å². The van der Waals surface area contributed by atoms with Gasteiger partial charge in [-0.25, -0.2) is 0 Å². The molecule has 32 valence electrons. The van der Waals surface area contributed by atoms with Gasteiger partial charge in [-0.05, 0) is 0 Å². The molecule has 5 N–H and O–H groups in total. The second-order valence-corrected chi connectivity index (χ2v) is 0.0833. The average Bonchev–Trinajstić information content (AvgIpc) is 1.46. The van der Waals surface area contributed by atoms with Crippen LogP contribution in [0.1, 0.15) is 0 Å². The summed E-state index contributed by atoms with van der Waals surface area (Å²) in [7, 11) is 0. The highest BCUT2D eigenvalue weighted by molar-refractivity contribution is 3.77. The van der Waals surface area contributed by atoms with Crippen LogP contribution in [0.25, 0.3) is 0 Å². The largest absolute Gasteiger partial charge is 0.274 e. The molecule has 0 saturated carbocycles. The van der Waals surface area contributed by atoms with Gasteiger partial charge in [0.05, 0.1) is 0 Å². The van der Waals surface area contributed by atoms with E-state index >= 15 is 0 Å². The Morgan fingerprint density at radius 3 is 1.60 bits per heavy atom. The lowest BCUT2D eigenvalue weighted by Gasteiger charge is -1.36. The zero-order chi connectivity index (χ0) is 4.71. The van der Waals surface area contributed by atoms with E-state index in [1.165, 1.54) is 0 Å². The van der Waals surface area contributed by atoms with Crippen molar-refractivity contribution in [3.05, 3.63) is 10.1 Å². The van der Waals surface area contributed by atoms with Gasteiger partial charge in [0.2, 0.25) is 0 Å². The van der Waals surface area contributed by atoms with Crippen LogP contribution in [0.3, 0.4) is 0 Å². The first kappa shape index (κ1) is 8.85. The van der Waals surface area contributed by atoms with Crippen molar-refractivity contribution in [2.45, 2.75) is 0 Å². The lowest BCUT2D eigenvalue weighted by molar-refractivity contribution is -0.398. The zero-order valence-corrected chi connectivity index (χ0v) is 2.47. The number of hydrogen-bond donors (Lipinski definition) is 3. The Bertz CT molecular complexity index is 12.4.